The first-order chi connectivity index (χ1) is 16.6. The maximum atomic E-state index is 14.1. The van der Waals surface area contributed by atoms with Gasteiger partial charge in [0.2, 0.25) is 0 Å². The number of aromatic amines is 1. The van der Waals surface area contributed by atoms with E-state index in [2.05, 4.69) is 56.0 Å². The van der Waals surface area contributed by atoms with Crippen LogP contribution in [-0.2, 0) is 17.3 Å². The van der Waals surface area contributed by atoms with Crippen LogP contribution in [-0.4, -0.2) is 48.9 Å². The van der Waals surface area contributed by atoms with Crippen molar-refractivity contribution in [2.24, 2.45) is 0 Å². The van der Waals surface area contributed by atoms with Crippen LogP contribution in [0.25, 0.3) is 0 Å². The Kier molecular flexibility index (Phi) is 7.19. The molecule has 1 N–H and O–H groups in total. The van der Waals surface area contributed by atoms with Crippen molar-refractivity contribution in [3.63, 3.8) is 0 Å². The second kappa shape index (κ2) is 9.99. The van der Waals surface area contributed by atoms with Crippen molar-refractivity contribution < 1.29 is 9.22 Å². The van der Waals surface area contributed by atoms with E-state index in [1.165, 1.54) is 5.56 Å². The first kappa shape index (κ1) is 25.2. The van der Waals surface area contributed by atoms with Crippen LogP contribution in [0.3, 0.4) is 0 Å². The fourth-order valence-electron chi connectivity index (χ4n) is 4.42. The third-order valence-electron chi connectivity index (χ3n) is 7.60. The van der Waals surface area contributed by atoms with Crippen LogP contribution in [0.4, 0.5) is 10.5 Å². The molecule has 0 aliphatic carbocycles. The van der Waals surface area contributed by atoms with Gasteiger partial charge in [-0.1, -0.05) is 69.3 Å². The maximum Gasteiger partial charge on any atom is 0.325 e. The fraction of sp³-hybridized carbons (Fsp3) is 0.429. The number of fused-ring (bicyclic) bond motifs is 1. The lowest BCUT2D eigenvalue weighted by molar-refractivity contribution is 0.0989. The van der Waals surface area contributed by atoms with E-state index < -0.39 is 8.32 Å². The normalized spacial score (nSPS) is 18.3. The highest BCUT2D eigenvalue weighted by molar-refractivity contribution is 6.74. The second-order valence-electron chi connectivity index (χ2n) is 11.0. The third-order valence-corrected chi connectivity index (χ3v) is 12.1. The van der Waals surface area contributed by atoms with Gasteiger partial charge in [-0.25, -0.2) is 9.78 Å². The van der Waals surface area contributed by atoms with Gasteiger partial charge in [0.15, 0.2) is 8.32 Å². The van der Waals surface area contributed by atoms with Gasteiger partial charge in [0.1, 0.15) is 0 Å². The van der Waals surface area contributed by atoms with Gasteiger partial charge in [0.25, 0.3) is 0 Å². The highest BCUT2D eigenvalue weighted by Gasteiger charge is 2.43. The molecule has 2 heterocycles. The molecule has 1 aliphatic rings. The van der Waals surface area contributed by atoms with Gasteiger partial charge in [0.05, 0.1) is 30.7 Å². The second-order valence-corrected chi connectivity index (χ2v) is 15.8. The number of nitrogens with one attached hydrogen (secondary N) is 1. The Morgan fingerprint density at radius 2 is 1.74 bits per heavy atom. The molecule has 186 valence electrons. The molecule has 0 radical (unpaired) electrons. The van der Waals surface area contributed by atoms with Gasteiger partial charge in [0, 0.05) is 24.8 Å². The molecule has 2 atom stereocenters. The molecule has 1 aliphatic heterocycles. The molecule has 0 bridgehead atoms. The summed E-state index contributed by atoms with van der Waals surface area (Å²) in [6.07, 6.45) is 3.15. The van der Waals surface area contributed by atoms with Gasteiger partial charge in [-0.2, -0.15) is 0 Å². The molecule has 7 heteroatoms. The molecule has 2 aromatic carbocycles. The van der Waals surface area contributed by atoms with E-state index in [0.29, 0.717) is 19.4 Å². The number of amides is 2. The van der Waals surface area contributed by atoms with Crippen LogP contribution in [0.15, 0.2) is 67.0 Å². The van der Waals surface area contributed by atoms with E-state index in [4.69, 9.17) is 4.43 Å². The smallest absolute Gasteiger partial charge is 0.325 e. The van der Waals surface area contributed by atoms with E-state index in [1.807, 2.05) is 60.5 Å². The third kappa shape index (κ3) is 5.36. The Morgan fingerprint density at radius 3 is 2.37 bits per heavy atom. The molecular weight excluding hydrogens is 452 g/mol. The van der Waals surface area contributed by atoms with E-state index in [0.717, 1.165) is 17.1 Å². The predicted octanol–water partition coefficient (Wildman–Crippen LogP) is 6.20. The molecule has 0 saturated carbocycles. The van der Waals surface area contributed by atoms with Crippen LogP contribution < -0.4 is 4.90 Å². The topological polar surface area (TPSA) is 61.5 Å². The molecule has 0 fully saturated rings. The maximum absolute atomic E-state index is 14.1. The first-order valence-electron chi connectivity index (χ1n) is 12.4. The minimum absolute atomic E-state index is 0.0328. The Hall–Kier alpha value is -2.90. The fourth-order valence-corrected chi connectivity index (χ4v) is 5.46. The minimum Gasteiger partial charge on any atom is -0.415 e. The summed E-state index contributed by atoms with van der Waals surface area (Å²) < 4.78 is 6.68. The Morgan fingerprint density at radius 1 is 1.11 bits per heavy atom. The van der Waals surface area contributed by atoms with Crippen LogP contribution in [0, 0.1) is 0 Å². The van der Waals surface area contributed by atoms with Gasteiger partial charge in [-0.15, -0.1) is 0 Å². The molecule has 1 unspecified atom stereocenters. The number of nitrogens with zero attached hydrogens (tertiary/aromatic N) is 3. The predicted molar refractivity (Wildman–Crippen MR) is 144 cm³/mol. The number of urea groups is 1. The number of carbonyl (C=O) groups excluding carboxylic acids is 1. The number of carbonyl (C=O) groups is 1. The zero-order valence-electron chi connectivity index (χ0n) is 21.8. The highest BCUT2D eigenvalue weighted by atomic mass is 28.4. The summed E-state index contributed by atoms with van der Waals surface area (Å²) in [5.74, 6) is 0. The number of benzene rings is 2. The minimum atomic E-state index is -1.99. The van der Waals surface area contributed by atoms with Crippen molar-refractivity contribution in [1.82, 2.24) is 14.9 Å². The number of rotatable bonds is 6. The molecule has 6 nitrogen and oxygen atoms in total. The summed E-state index contributed by atoms with van der Waals surface area (Å²) in [5, 5.41) is 0.0971. The van der Waals surface area contributed by atoms with Crippen LogP contribution in [0.5, 0.6) is 0 Å². The number of aromatic nitrogens is 2. The van der Waals surface area contributed by atoms with Crippen LogP contribution >= 0.6 is 0 Å². The molecule has 1 aromatic heterocycles. The van der Waals surface area contributed by atoms with Crippen molar-refractivity contribution in [2.75, 3.05) is 18.6 Å². The Labute approximate surface area is 210 Å². The molecule has 2 amide bonds. The Balaban J connectivity index is 1.71. The number of hydrogen-bond donors (Lipinski definition) is 1. The summed E-state index contributed by atoms with van der Waals surface area (Å²) in [5.41, 5.74) is 4.10. The standard InChI is InChI=1S/C28H38N4O2Si/c1-28(2,3)35(5,6)34-19-23-18-24-26(30-20-29-24)25(17-21-13-9-7-10-14-21)32(23)27(33)31(4)22-15-11-8-12-16-22/h7-16,20,23,25H,17-19H2,1-6H3,(H,29,30)/t23-,25?/m0/s1. The van der Waals surface area contributed by atoms with E-state index in [9.17, 15) is 4.79 Å². The van der Waals surface area contributed by atoms with E-state index in [1.54, 1.807) is 11.2 Å². The monoisotopic (exact) mass is 490 g/mol. The molecule has 3 aromatic rings. The highest BCUT2D eigenvalue weighted by Crippen LogP contribution is 2.39. The van der Waals surface area contributed by atoms with Crippen LogP contribution in [0.2, 0.25) is 18.1 Å². The van der Waals surface area contributed by atoms with Gasteiger partial charge < -0.3 is 14.3 Å². The molecule has 35 heavy (non-hydrogen) atoms. The summed E-state index contributed by atoms with van der Waals surface area (Å²) in [7, 11) is -0.143. The molecule has 0 spiro atoms. The zero-order valence-corrected chi connectivity index (χ0v) is 22.8. The summed E-state index contributed by atoms with van der Waals surface area (Å²) in [6, 6.07) is 19.9. The van der Waals surface area contributed by atoms with Gasteiger partial charge in [-0.3, -0.25) is 4.90 Å². The quantitative estimate of drug-likeness (QED) is 0.419. The number of H-pyrrole nitrogens is 1. The van der Waals surface area contributed by atoms with E-state index >= 15 is 0 Å². The lowest BCUT2D eigenvalue weighted by Gasteiger charge is -2.45. The van der Waals surface area contributed by atoms with Crippen molar-refractivity contribution in [2.45, 2.75) is 63.8 Å². The SMILES string of the molecule is CN(C(=O)N1C(Cc2ccccc2)c2nc[nH]c2C[C@H]1CO[Si](C)(C)C(C)(C)C)c1ccccc1. The number of imidazole rings is 1. The summed E-state index contributed by atoms with van der Waals surface area (Å²) in [6.45, 7) is 11.8. The molecular formula is C28H38N4O2Si. The number of hydrogen-bond acceptors (Lipinski definition) is 3. The lowest BCUT2D eigenvalue weighted by Crippen LogP contribution is -2.55. The van der Waals surface area contributed by atoms with Crippen LogP contribution in [0.1, 0.15) is 43.8 Å². The van der Waals surface area contributed by atoms with Crippen molar-refractivity contribution in [1.29, 1.82) is 0 Å². The molecule has 4 rings (SSSR count). The average Bonchev–Trinajstić information content (AvgIpc) is 3.31. The largest absolute Gasteiger partial charge is 0.415 e. The lowest BCUT2D eigenvalue weighted by atomic mass is 9.92. The first-order valence-corrected chi connectivity index (χ1v) is 15.3. The van der Waals surface area contributed by atoms with Crippen molar-refractivity contribution >= 4 is 20.0 Å². The number of para-hydroxylation sites is 1. The zero-order chi connectivity index (χ0) is 25.2. The summed E-state index contributed by atoms with van der Waals surface area (Å²) in [4.78, 5) is 25.9. The molecule has 0 saturated heterocycles. The average molecular weight is 491 g/mol. The van der Waals surface area contributed by atoms with Gasteiger partial charge >= 0.3 is 6.03 Å². The van der Waals surface area contributed by atoms with Crippen molar-refractivity contribution in [3.8, 4) is 0 Å². The van der Waals surface area contributed by atoms with Gasteiger partial charge in [-0.05, 0) is 42.2 Å². The Bertz CT molecular complexity index is 1120. The summed E-state index contributed by atoms with van der Waals surface area (Å²) >= 11 is 0. The van der Waals surface area contributed by atoms with E-state index in [-0.39, 0.29) is 23.2 Å². The number of anilines is 1. The van der Waals surface area contributed by atoms with Crippen molar-refractivity contribution in [3.05, 3.63) is 83.9 Å².